The average molecular weight is 316 g/mol. The minimum Gasteiger partial charge on any atom is -0.445 e. The number of nitrogens with zero attached hydrogens (tertiary/aromatic N) is 1. The number of benzene rings is 1. The Bertz CT molecular complexity index is 471. The maximum absolute atomic E-state index is 12.3. The Morgan fingerprint density at radius 2 is 1.86 bits per heavy atom. The van der Waals surface area contributed by atoms with Crippen LogP contribution in [0.15, 0.2) is 30.3 Å². The molecule has 4 nitrogen and oxygen atoms in total. The van der Waals surface area contributed by atoms with Gasteiger partial charge in [-0.2, -0.15) is 13.2 Å². The number of alkyl carbamates (subject to hydrolysis) is 1. The second kappa shape index (κ2) is 7.49. The van der Waals surface area contributed by atoms with Gasteiger partial charge in [0.25, 0.3) is 0 Å². The third-order valence-electron chi connectivity index (χ3n) is 3.53. The number of likely N-dealkylation sites (tertiary alicyclic amines) is 1. The van der Waals surface area contributed by atoms with E-state index in [9.17, 15) is 18.0 Å². The molecule has 0 aliphatic carbocycles. The number of hydrogen-bond acceptors (Lipinski definition) is 3. The largest absolute Gasteiger partial charge is 0.445 e. The molecule has 0 aromatic heterocycles. The molecule has 1 amide bonds. The van der Waals surface area contributed by atoms with Crippen LogP contribution in [0.4, 0.5) is 18.0 Å². The summed E-state index contributed by atoms with van der Waals surface area (Å²) in [5.74, 6) is 0. The molecule has 2 rings (SSSR count). The molecule has 1 fully saturated rings. The number of amides is 1. The third kappa shape index (κ3) is 5.93. The number of ether oxygens (including phenoxy) is 1. The maximum Gasteiger partial charge on any atom is 0.407 e. The first-order valence-corrected chi connectivity index (χ1v) is 7.19. The fourth-order valence-electron chi connectivity index (χ4n) is 2.42. The van der Waals surface area contributed by atoms with E-state index in [0.29, 0.717) is 25.9 Å². The number of carbonyl (C=O) groups excluding carboxylic acids is 1. The van der Waals surface area contributed by atoms with E-state index in [1.807, 2.05) is 30.3 Å². The molecule has 0 bridgehead atoms. The Labute approximate surface area is 127 Å². The summed E-state index contributed by atoms with van der Waals surface area (Å²) in [5, 5.41) is 2.70. The van der Waals surface area contributed by atoms with Crippen LogP contribution in [-0.4, -0.2) is 42.8 Å². The van der Waals surface area contributed by atoms with Gasteiger partial charge in [0, 0.05) is 19.1 Å². The fourth-order valence-corrected chi connectivity index (χ4v) is 2.42. The Balaban J connectivity index is 1.66. The molecule has 122 valence electrons. The van der Waals surface area contributed by atoms with Gasteiger partial charge in [0.2, 0.25) is 0 Å². The lowest BCUT2D eigenvalue weighted by Crippen LogP contribution is -2.47. The Kier molecular flexibility index (Phi) is 5.65. The number of hydrogen-bond donors (Lipinski definition) is 1. The number of rotatable bonds is 4. The van der Waals surface area contributed by atoms with Gasteiger partial charge in [-0.25, -0.2) is 4.79 Å². The number of halogens is 3. The summed E-state index contributed by atoms with van der Waals surface area (Å²) >= 11 is 0. The summed E-state index contributed by atoms with van der Waals surface area (Å²) in [6, 6.07) is 9.15. The zero-order chi connectivity index (χ0) is 16.0. The molecule has 0 unspecified atom stereocenters. The SMILES string of the molecule is O=C(NC1CCN(CC(F)(F)F)CC1)OCc1ccccc1. The van der Waals surface area contributed by atoms with E-state index in [1.54, 1.807) is 0 Å². The van der Waals surface area contributed by atoms with Crippen molar-refractivity contribution < 1.29 is 22.7 Å². The molecular weight excluding hydrogens is 297 g/mol. The van der Waals surface area contributed by atoms with Gasteiger partial charge in [0.1, 0.15) is 6.61 Å². The summed E-state index contributed by atoms with van der Waals surface area (Å²) in [4.78, 5) is 13.0. The van der Waals surface area contributed by atoms with E-state index >= 15 is 0 Å². The van der Waals surface area contributed by atoms with Crippen LogP contribution in [0, 0.1) is 0 Å². The van der Waals surface area contributed by atoms with Crippen molar-refractivity contribution in [2.45, 2.75) is 31.7 Å². The van der Waals surface area contributed by atoms with Gasteiger partial charge in [-0.15, -0.1) is 0 Å². The van der Waals surface area contributed by atoms with Crippen molar-refractivity contribution in [1.29, 1.82) is 0 Å². The molecule has 0 atom stereocenters. The molecule has 0 radical (unpaired) electrons. The van der Waals surface area contributed by atoms with E-state index in [0.717, 1.165) is 5.56 Å². The number of carbonyl (C=O) groups is 1. The standard InChI is InChI=1S/C15H19F3N2O2/c16-15(17,18)11-20-8-6-13(7-9-20)19-14(21)22-10-12-4-2-1-3-5-12/h1-5,13H,6-11H2,(H,19,21). The van der Waals surface area contributed by atoms with Crippen LogP contribution in [0.5, 0.6) is 0 Å². The van der Waals surface area contributed by atoms with Crippen molar-refractivity contribution in [3.8, 4) is 0 Å². The van der Waals surface area contributed by atoms with E-state index in [1.165, 1.54) is 4.90 Å². The summed E-state index contributed by atoms with van der Waals surface area (Å²) in [6.07, 6.45) is -3.71. The van der Waals surface area contributed by atoms with Crippen LogP contribution in [0.25, 0.3) is 0 Å². The van der Waals surface area contributed by atoms with Crippen LogP contribution in [0.2, 0.25) is 0 Å². The predicted octanol–water partition coefficient (Wildman–Crippen LogP) is 2.94. The summed E-state index contributed by atoms with van der Waals surface area (Å²) in [6.45, 7) is -0.0654. The molecule has 1 heterocycles. The molecular formula is C15H19F3N2O2. The van der Waals surface area contributed by atoms with Gasteiger partial charge in [-0.3, -0.25) is 4.90 Å². The van der Waals surface area contributed by atoms with Crippen molar-refractivity contribution in [1.82, 2.24) is 10.2 Å². The zero-order valence-electron chi connectivity index (χ0n) is 12.1. The first-order valence-electron chi connectivity index (χ1n) is 7.19. The Morgan fingerprint density at radius 1 is 1.23 bits per heavy atom. The molecule has 0 spiro atoms. The summed E-state index contributed by atoms with van der Waals surface area (Å²) in [5.41, 5.74) is 0.887. The van der Waals surface area contributed by atoms with Crippen molar-refractivity contribution in [3.05, 3.63) is 35.9 Å². The van der Waals surface area contributed by atoms with Crippen LogP contribution < -0.4 is 5.32 Å². The van der Waals surface area contributed by atoms with Crippen molar-refractivity contribution in [2.24, 2.45) is 0 Å². The van der Waals surface area contributed by atoms with E-state index < -0.39 is 18.8 Å². The first kappa shape index (κ1) is 16.6. The average Bonchev–Trinajstić information content (AvgIpc) is 2.47. The first-order chi connectivity index (χ1) is 10.4. The Morgan fingerprint density at radius 3 is 2.45 bits per heavy atom. The highest BCUT2D eigenvalue weighted by Crippen LogP contribution is 2.19. The molecule has 1 aromatic rings. The van der Waals surface area contributed by atoms with E-state index in [-0.39, 0.29) is 12.6 Å². The van der Waals surface area contributed by atoms with Crippen molar-refractivity contribution in [2.75, 3.05) is 19.6 Å². The van der Waals surface area contributed by atoms with E-state index in [4.69, 9.17) is 4.74 Å². The lowest BCUT2D eigenvalue weighted by Gasteiger charge is -2.32. The van der Waals surface area contributed by atoms with Gasteiger partial charge in [0.05, 0.1) is 6.54 Å². The Hall–Kier alpha value is -1.76. The lowest BCUT2D eigenvalue weighted by atomic mass is 10.1. The molecule has 1 aliphatic heterocycles. The zero-order valence-corrected chi connectivity index (χ0v) is 12.1. The smallest absolute Gasteiger partial charge is 0.407 e. The lowest BCUT2D eigenvalue weighted by molar-refractivity contribution is -0.148. The van der Waals surface area contributed by atoms with Crippen LogP contribution >= 0.6 is 0 Å². The van der Waals surface area contributed by atoms with Crippen molar-refractivity contribution >= 4 is 6.09 Å². The van der Waals surface area contributed by atoms with E-state index in [2.05, 4.69) is 5.32 Å². The second-order valence-corrected chi connectivity index (χ2v) is 5.37. The predicted molar refractivity (Wildman–Crippen MR) is 75.3 cm³/mol. The second-order valence-electron chi connectivity index (χ2n) is 5.37. The molecule has 1 saturated heterocycles. The molecule has 22 heavy (non-hydrogen) atoms. The van der Waals surface area contributed by atoms with Gasteiger partial charge in [-0.05, 0) is 18.4 Å². The summed E-state index contributed by atoms with van der Waals surface area (Å²) < 4.78 is 41.9. The minimum absolute atomic E-state index is 0.132. The third-order valence-corrected chi connectivity index (χ3v) is 3.53. The molecule has 1 N–H and O–H groups in total. The quantitative estimate of drug-likeness (QED) is 0.928. The number of piperidine rings is 1. The van der Waals surface area contributed by atoms with Gasteiger partial charge >= 0.3 is 12.3 Å². The van der Waals surface area contributed by atoms with Gasteiger partial charge in [0.15, 0.2) is 0 Å². The van der Waals surface area contributed by atoms with Crippen LogP contribution in [0.3, 0.4) is 0 Å². The fraction of sp³-hybridized carbons (Fsp3) is 0.533. The number of nitrogens with one attached hydrogen (secondary N) is 1. The van der Waals surface area contributed by atoms with Crippen LogP contribution in [-0.2, 0) is 11.3 Å². The topological polar surface area (TPSA) is 41.6 Å². The molecule has 1 aromatic carbocycles. The molecule has 0 saturated carbocycles. The molecule has 7 heteroatoms. The highest BCUT2D eigenvalue weighted by molar-refractivity contribution is 5.67. The normalized spacial score (nSPS) is 17.2. The van der Waals surface area contributed by atoms with Crippen LogP contribution in [0.1, 0.15) is 18.4 Å². The highest BCUT2D eigenvalue weighted by Gasteiger charge is 2.32. The number of alkyl halides is 3. The van der Waals surface area contributed by atoms with Gasteiger partial charge < -0.3 is 10.1 Å². The maximum atomic E-state index is 12.3. The molecule has 1 aliphatic rings. The van der Waals surface area contributed by atoms with Crippen molar-refractivity contribution in [3.63, 3.8) is 0 Å². The van der Waals surface area contributed by atoms with Gasteiger partial charge in [-0.1, -0.05) is 30.3 Å². The highest BCUT2D eigenvalue weighted by atomic mass is 19.4. The minimum atomic E-state index is -4.17. The summed E-state index contributed by atoms with van der Waals surface area (Å²) in [7, 11) is 0. The monoisotopic (exact) mass is 316 g/mol.